The van der Waals surface area contributed by atoms with Crippen LogP contribution in [0.3, 0.4) is 0 Å². The average molecular weight is 514 g/mol. The summed E-state index contributed by atoms with van der Waals surface area (Å²) in [4.78, 5) is 4.69. The molecule has 0 saturated carbocycles. The average Bonchev–Trinajstić information content (AvgIpc) is 3.01. The topological polar surface area (TPSA) is 76.4 Å². The fourth-order valence-electron chi connectivity index (χ4n) is 2.75. The normalized spacial score (nSPS) is 11.3. The van der Waals surface area contributed by atoms with Gasteiger partial charge in [-0.2, -0.15) is 0 Å². The van der Waals surface area contributed by atoms with E-state index in [1.165, 1.54) is 12.0 Å². The zero-order chi connectivity index (χ0) is 20.4. The van der Waals surface area contributed by atoms with Gasteiger partial charge in [0.2, 0.25) is 0 Å². The van der Waals surface area contributed by atoms with Crippen molar-refractivity contribution < 1.29 is 4.74 Å². The van der Waals surface area contributed by atoms with Gasteiger partial charge in [0.15, 0.2) is 11.8 Å². The van der Waals surface area contributed by atoms with Gasteiger partial charge in [-0.3, -0.25) is 0 Å². The van der Waals surface area contributed by atoms with Gasteiger partial charge in [-0.15, -0.1) is 34.2 Å². The first-order valence-electron chi connectivity index (χ1n) is 9.99. The summed E-state index contributed by atoms with van der Waals surface area (Å²) in [5.41, 5.74) is 1.26. The molecule has 0 unspecified atom stereocenters. The Hall–Kier alpha value is -1.84. The number of rotatable bonds is 10. The molecule has 0 radical (unpaired) electrons. The van der Waals surface area contributed by atoms with Crippen molar-refractivity contribution in [2.24, 2.45) is 18.0 Å². The van der Waals surface area contributed by atoms with Gasteiger partial charge >= 0.3 is 0 Å². The molecule has 0 atom stereocenters. The van der Waals surface area contributed by atoms with E-state index in [1.807, 2.05) is 30.7 Å². The molecule has 2 rings (SSSR count). The Kier molecular flexibility index (Phi) is 11.6. The van der Waals surface area contributed by atoms with Gasteiger partial charge in [-0.05, 0) is 49.8 Å². The van der Waals surface area contributed by atoms with Crippen LogP contribution in [0.1, 0.15) is 43.9 Å². The predicted octanol–water partition coefficient (Wildman–Crippen LogP) is 3.46. The van der Waals surface area contributed by atoms with E-state index in [4.69, 9.17) is 9.73 Å². The summed E-state index contributed by atoms with van der Waals surface area (Å²) in [5, 5.41) is 15.2. The highest BCUT2D eigenvalue weighted by atomic mass is 127. The van der Waals surface area contributed by atoms with Gasteiger partial charge in [0.25, 0.3) is 0 Å². The molecule has 2 N–H and O–H groups in total. The second-order valence-corrected chi connectivity index (χ2v) is 7.37. The summed E-state index contributed by atoms with van der Waals surface area (Å²) in [6.07, 6.45) is 3.24. The number of guanidine groups is 1. The van der Waals surface area contributed by atoms with Crippen LogP contribution in [0, 0.1) is 12.8 Å². The van der Waals surface area contributed by atoms with Crippen molar-refractivity contribution in [1.29, 1.82) is 0 Å². The Bertz CT molecular complexity index is 742. The summed E-state index contributed by atoms with van der Waals surface area (Å²) in [6.45, 7) is 8.65. The Morgan fingerprint density at radius 2 is 1.83 bits per heavy atom. The molecule has 0 fully saturated rings. The van der Waals surface area contributed by atoms with Crippen LogP contribution < -0.4 is 15.4 Å². The summed E-state index contributed by atoms with van der Waals surface area (Å²) < 4.78 is 7.18. The minimum absolute atomic E-state index is 0. The SMILES string of the molecule is COc1ccc(CCNC(=NCc2nnc(C)n2C)NCCCC(C)C)cc1.I. The number of halogens is 1. The van der Waals surface area contributed by atoms with Crippen LogP contribution >= 0.6 is 24.0 Å². The van der Waals surface area contributed by atoms with E-state index in [1.54, 1.807) is 7.11 Å². The van der Waals surface area contributed by atoms with Gasteiger partial charge in [-0.1, -0.05) is 26.0 Å². The van der Waals surface area contributed by atoms with Crippen molar-refractivity contribution in [3.8, 4) is 5.75 Å². The molecule has 0 aliphatic rings. The third-order valence-electron chi connectivity index (χ3n) is 4.68. The fraction of sp³-hybridized carbons (Fsp3) is 0.571. The van der Waals surface area contributed by atoms with E-state index in [9.17, 15) is 0 Å². The lowest BCUT2D eigenvalue weighted by Gasteiger charge is -2.13. The van der Waals surface area contributed by atoms with E-state index in [-0.39, 0.29) is 24.0 Å². The Morgan fingerprint density at radius 1 is 1.14 bits per heavy atom. The molecule has 0 spiro atoms. The number of nitrogens with zero attached hydrogens (tertiary/aromatic N) is 4. The molecule has 1 aromatic heterocycles. The maximum Gasteiger partial charge on any atom is 0.191 e. The van der Waals surface area contributed by atoms with Crippen molar-refractivity contribution in [3.05, 3.63) is 41.5 Å². The zero-order valence-electron chi connectivity index (χ0n) is 18.2. The van der Waals surface area contributed by atoms with Crippen molar-refractivity contribution in [1.82, 2.24) is 25.4 Å². The maximum atomic E-state index is 5.21. The van der Waals surface area contributed by atoms with Gasteiger partial charge in [0, 0.05) is 20.1 Å². The molecule has 7 nitrogen and oxygen atoms in total. The maximum absolute atomic E-state index is 5.21. The highest BCUT2D eigenvalue weighted by molar-refractivity contribution is 14.0. The Labute approximate surface area is 191 Å². The molecule has 0 aliphatic carbocycles. The first kappa shape index (κ1) is 25.2. The number of aromatic nitrogens is 3. The van der Waals surface area contributed by atoms with Crippen molar-refractivity contribution in [3.63, 3.8) is 0 Å². The lowest BCUT2D eigenvalue weighted by atomic mass is 10.1. The molecule has 29 heavy (non-hydrogen) atoms. The summed E-state index contributed by atoms with van der Waals surface area (Å²) in [7, 11) is 3.65. The van der Waals surface area contributed by atoms with Crippen LogP contribution in [0.5, 0.6) is 5.75 Å². The quantitative estimate of drug-likeness (QED) is 0.220. The number of ether oxygens (including phenoxy) is 1. The monoisotopic (exact) mass is 514 g/mol. The first-order valence-corrected chi connectivity index (χ1v) is 9.99. The van der Waals surface area contributed by atoms with E-state index >= 15 is 0 Å². The molecule has 1 aromatic carbocycles. The number of nitrogens with one attached hydrogen (secondary N) is 2. The summed E-state index contributed by atoms with van der Waals surface area (Å²) >= 11 is 0. The zero-order valence-corrected chi connectivity index (χ0v) is 20.6. The Balaban J connectivity index is 0.00000420. The lowest BCUT2D eigenvalue weighted by molar-refractivity contribution is 0.414. The largest absolute Gasteiger partial charge is 0.497 e. The number of aliphatic imine (C=N–C) groups is 1. The second kappa shape index (κ2) is 13.4. The first-order chi connectivity index (χ1) is 13.5. The fourth-order valence-corrected chi connectivity index (χ4v) is 2.75. The molecular weight excluding hydrogens is 479 g/mol. The Morgan fingerprint density at radius 3 is 2.41 bits per heavy atom. The molecular formula is C21H35IN6O. The smallest absolute Gasteiger partial charge is 0.191 e. The van der Waals surface area contributed by atoms with Crippen LogP contribution in [0.15, 0.2) is 29.3 Å². The van der Waals surface area contributed by atoms with Gasteiger partial charge < -0.3 is 19.9 Å². The van der Waals surface area contributed by atoms with E-state index < -0.39 is 0 Å². The summed E-state index contributed by atoms with van der Waals surface area (Å²) in [5.74, 6) is 4.16. The molecule has 2 aromatic rings. The number of hydrogen-bond acceptors (Lipinski definition) is 4. The van der Waals surface area contributed by atoms with Crippen molar-refractivity contribution in [2.45, 2.75) is 46.6 Å². The van der Waals surface area contributed by atoms with E-state index in [0.29, 0.717) is 12.5 Å². The minimum atomic E-state index is 0. The number of methoxy groups -OCH3 is 1. The molecule has 8 heteroatoms. The van der Waals surface area contributed by atoms with Crippen LogP contribution in [-0.4, -0.2) is 40.9 Å². The van der Waals surface area contributed by atoms with E-state index in [0.717, 1.165) is 49.3 Å². The molecule has 162 valence electrons. The van der Waals surface area contributed by atoms with Gasteiger partial charge in [-0.25, -0.2) is 4.99 Å². The third kappa shape index (κ3) is 9.01. The van der Waals surface area contributed by atoms with Crippen LogP contribution in [0.2, 0.25) is 0 Å². The lowest BCUT2D eigenvalue weighted by Crippen LogP contribution is -2.39. The number of aryl methyl sites for hydroxylation is 1. The molecule has 0 saturated heterocycles. The van der Waals surface area contributed by atoms with Crippen molar-refractivity contribution in [2.75, 3.05) is 20.2 Å². The van der Waals surface area contributed by atoms with Crippen LogP contribution in [0.25, 0.3) is 0 Å². The molecule has 1 heterocycles. The molecule has 0 amide bonds. The molecule has 0 bridgehead atoms. The van der Waals surface area contributed by atoms with Gasteiger partial charge in [0.05, 0.1) is 7.11 Å². The standard InChI is InChI=1S/C21H34N6O.HI/c1-16(2)7-6-13-22-21(24-15-20-26-25-17(3)27(20)4)23-14-12-18-8-10-19(28-5)11-9-18;/h8-11,16H,6-7,12-15H2,1-5H3,(H2,22,23,24);1H. The predicted molar refractivity (Wildman–Crippen MR) is 129 cm³/mol. The van der Waals surface area contributed by atoms with E-state index in [2.05, 4.69) is 46.8 Å². The number of benzene rings is 1. The summed E-state index contributed by atoms with van der Waals surface area (Å²) in [6, 6.07) is 8.17. The molecule has 0 aliphatic heterocycles. The van der Waals surface area contributed by atoms with Crippen LogP contribution in [0.4, 0.5) is 0 Å². The van der Waals surface area contributed by atoms with Crippen LogP contribution in [-0.2, 0) is 20.0 Å². The minimum Gasteiger partial charge on any atom is -0.497 e. The number of hydrogen-bond donors (Lipinski definition) is 2. The highest BCUT2D eigenvalue weighted by Gasteiger charge is 2.05. The third-order valence-corrected chi connectivity index (χ3v) is 4.68. The van der Waals surface area contributed by atoms with Gasteiger partial charge in [0.1, 0.15) is 18.1 Å². The van der Waals surface area contributed by atoms with Crippen molar-refractivity contribution >= 4 is 29.9 Å². The second-order valence-electron chi connectivity index (χ2n) is 7.37. The highest BCUT2D eigenvalue weighted by Crippen LogP contribution is 2.11.